The number of hydrogen-bond acceptors (Lipinski definition) is 2. The molecule has 0 amide bonds. The first-order valence-corrected chi connectivity index (χ1v) is 8.65. The Hall–Kier alpha value is -0.470. The molecule has 2 N–H and O–H groups in total. The van der Waals surface area contributed by atoms with Crippen LogP contribution in [0.1, 0.15) is 51.2 Å². The van der Waals surface area contributed by atoms with Crippen molar-refractivity contribution in [2.45, 2.75) is 70.1 Å². The van der Waals surface area contributed by atoms with Crippen LogP contribution in [0.2, 0.25) is 0 Å². The third kappa shape index (κ3) is 3.79. The van der Waals surface area contributed by atoms with Crippen LogP contribution in [0.5, 0.6) is 0 Å². The molecule has 3 atom stereocenters. The quantitative estimate of drug-likeness (QED) is 0.835. The van der Waals surface area contributed by atoms with Crippen LogP contribution in [0, 0.1) is 25.2 Å². The summed E-state index contributed by atoms with van der Waals surface area (Å²) in [5.41, 5.74) is 9.54. The van der Waals surface area contributed by atoms with Crippen molar-refractivity contribution >= 4 is 11.8 Å². The molecule has 112 valence electrons. The van der Waals surface area contributed by atoms with E-state index in [1.807, 2.05) is 11.8 Å². The SMILES string of the molecule is Cc1ccc(SC2CC(C(C)(C)C)CCC2N)cc1C. The Kier molecular flexibility index (Phi) is 4.86. The van der Waals surface area contributed by atoms with E-state index in [9.17, 15) is 0 Å². The molecule has 0 aliphatic heterocycles. The van der Waals surface area contributed by atoms with Crippen LogP contribution in [0.25, 0.3) is 0 Å². The number of benzene rings is 1. The smallest absolute Gasteiger partial charge is 0.0249 e. The Morgan fingerprint density at radius 3 is 2.40 bits per heavy atom. The second kappa shape index (κ2) is 6.11. The predicted molar refractivity (Wildman–Crippen MR) is 90.3 cm³/mol. The summed E-state index contributed by atoms with van der Waals surface area (Å²) in [6.07, 6.45) is 3.71. The van der Waals surface area contributed by atoms with Gasteiger partial charge in [0, 0.05) is 16.2 Å². The van der Waals surface area contributed by atoms with Gasteiger partial charge >= 0.3 is 0 Å². The van der Waals surface area contributed by atoms with Crippen molar-refractivity contribution in [3.05, 3.63) is 29.3 Å². The molecule has 1 nitrogen and oxygen atoms in total. The molecule has 1 aromatic carbocycles. The fourth-order valence-corrected chi connectivity index (χ4v) is 4.42. The lowest BCUT2D eigenvalue weighted by molar-refractivity contribution is 0.174. The molecule has 0 saturated heterocycles. The van der Waals surface area contributed by atoms with E-state index in [2.05, 4.69) is 52.8 Å². The van der Waals surface area contributed by atoms with Gasteiger partial charge in [-0.2, -0.15) is 0 Å². The minimum atomic E-state index is 0.347. The fourth-order valence-electron chi connectivity index (χ4n) is 3.04. The van der Waals surface area contributed by atoms with E-state index in [4.69, 9.17) is 5.73 Å². The molecule has 3 unspecified atom stereocenters. The van der Waals surface area contributed by atoms with Crippen molar-refractivity contribution in [1.29, 1.82) is 0 Å². The number of aryl methyl sites for hydroxylation is 2. The van der Waals surface area contributed by atoms with Crippen LogP contribution in [-0.4, -0.2) is 11.3 Å². The molecule has 1 saturated carbocycles. The molecule has 0 spiro atoms. The number of rotatable bonds is 2. The molecule has 1 aromatic rings. The molecule has 2 heteroatoms. The summed E-state index contributed by atoms with van der Waals surface area (Å²) in [4.78, 5) is 1.38. The third-order valence-electron chi connectivity index (χ3n) is 4.83. The summed E-state index contributed by atoms with van der Waals surface area (Å²) in [5.74, 6) is 0.798. The van der Waals surface area contributed by atoms with E-state index >= 15 is 0 Å². The van der Waals surface area contributed by atoms with E-state index in [0.717, 1.165) is 5.92 Å². The van der Waals surface area contributed by atoms with Crippen molar-refractivity contribution in [2.75, 3.05) is 0 Å². The molecule has 0 heterocycles. The second-order valence-corrected chi connectivity index (χ2v) is 8.75. The normalized spacial score (nSPS) is 27.6. The van der Waals surface area contributed by atoms with Gasteiger partial charge in [0.25, 0.3) is 0 Å². The van der Waals surface area contributed by atoms with Gasteiger partial charge in [-0.1, -0.05) is 26.8 Å². The summed E-state index contributed by atoms with van der Waals surface area (Å²) in [5, 5.41) is 0.565. The van der Waals surface area contributed by atoms with Crippen molar-refractivity contribution in [1.82, 2.24) is 0 Å². The zero-order valence-electron chi connectivity index (χ0n) is 13.6. The lowest BCUT2D eigenvalue weighted by Gasteiger charge is -2.40. The molecule has 20 heavy (non-hydrogen) atoms. The van der Waals surface area contributed by atoms with E-state index in [-0.39, 0.29) is 0 Å². The van der Waals surface area contributed by atoms with Crippen molar-refractivity contribution in [2.24, 2.45) is 17.1 Å². The predicted octanol–water partition coefficient (Wildman–Crippen LogP) is 4.94. The molecule has 0 radical (unpaired) electrons. The largest absolute Gasteiger partial charge is 0.327 e. The molecular formula is C18H29NS. The van der Waals surface area contributed by atoms with Crippen LogP contribution >= 0.6 is 11.8 Å². The van der Waals surface area contributed by atoms with Crippen LogP contribution in [0.3, 0.4) is 0 Å². The zero-order valence-corrected chi connectivity index (χ0v) is 14.4. The van der Waals surface area contributed by atoms with Gasteiger partial charge in [0.05, 0.1) is 0 Å². The molecule has 1 aliphatic carbocycles. The van der Waals surface area contributed by atoms with E-state index in [0.29, 0.717) is 16.7 Å². The molecule has 1 fully saturated rings. The van der Waals surface area contributed by atoms with E-state index in [1.54, 1.807) is 0 Å². The van der Waals surface area contributed by atoms with Gasteiger partial charge in [0.2, 0.25) is 0 Å². The summed E-state index contributed by atoms with van der Waals surface area (Å²) in [6.45, 7) is 11.5. The standard InChI is InChI=1S/C18H29NS/c1-12-6-8-15(10-13(12)2)20-17-11-14(18(3,4)5)7-9-16(17)19/h6,8,10,14,16-17H,7,9,11,19H2,1-5H3. The first-order valence-electron chi connectivity index (χ1n) is 7.77. The van der Waals surface area contributed by atoms with Crippen LogP contribution < -0.4 is 5.73 Å². The molecule has 0 bridgehead atoms. The van der Waals surface area contributed by atoms with Gasteiger partial charge in [0.15, 0.2) is 0 Å². The Labute approximate surface area is 128 Å². The minimum Gasteiger partial charge on any atom is -0.327 e. The van der Waals surface area contributed by atoms with Gasteiger partial charge in [-0.05, 0) is 67.7 Å². The third-order valence-corrected chi connectivity index (χ3v) is 6.20. The first kappa shape index (κ1) is 15.9. The first-order chi connectivity index (χ1) is 9.27. The van der Waals surface area contributed by atoms with E-state index < -0.39 is 0 Å². The Bertz CT molecular complexity index is 461. The van der Waals surface area contributed by atoms with Crippen LogP contribution in [-0.2, 0) is 0 Å². The molecular weight excluding hydrogens is 262 g/mol. The minimum absolute atomic E-state index is 0.347. The highest BCUT2D eigenvalue weighted by Crippen LogP contribution is 2.42. The van der Waals surface area contributed by atoms with Crippen LogP contribution in [0.4, 0.5) is 0 Å². The van der Waals surface area contributed by atoms with Gasteiger partial charge in [-0.25, -0.2) is 0 Å². The highest BCUT2D eigenvalue weighted by Gasteiger charge is 2.34. The Morgan fingerprint density at radius 1 is 1.10 bits per heavy atom. The van der Waals surface area contributed by atoms with Gasteiger partial charge in [-0.3, -0.25) is 0 Å². The summed E-state index contributed by atoms with van der Waals surface area (Å²) in [7, 11) is 0. The topological polar surface area (TPSA) is 26.0 Å². The van der Waals surface area contributed by atoms with Crippen LogP contribution in [0.15, 0.2) is 23.1 Å². The van der Waals surface area contributed by atoms with Gasteiger partial charge in [0.1, 0.15) is 0 Å². The number of hydrogen-bond donors (Lipinski definition) is 1. The number of nitrogens with two attached hydrogens (primary N) is 1. The highest BCUT2D eigenvalue weighted by molar-refractivity contribution is 8.00. The summed E-state index contributed by atoms with van der Waals surface area (Å²) >= 11 is 1.99. The maximum absolute atomic E-state index is 6.38. The average Bonchev–Trinajstić information content (AvgIpc) is 2.35. The lowest BCUT2D eigenvalue weighted by atomic mass is 9.71. The second-order valence-electron chi connectivity index (χ2n) is 7.44. The van der Waals surface area contributed by atoms with Gasteiger partial charge < -0.3 is 5.73 Å². The fraction of sp³-hybridized carbons (Fsp3) is 0.667. The molecule has 0 aromatic heterocycles. The Balaban J connectivity index is 2.08. The highest BCUT2D eigenvalue weighted by atomic mass is 32.2. The molecule has 2 rings (SSSR count). The van der Waals surface area contributed by atoms with Crippen molar-refractivity contribution in [3.63, 3.8) is 0 Å². The average molecular weight is 292 g/mol. The monoisotopic (exact) mass is 291 g/mol. The zero-order chi connectivity index (χ0) is 14.9. The van der Waals surface area contributed by atoms with Crippen molar-refractivity contribution < 1.29 is 0 Å². The maximum Gasteiger partial charge on any atom is 0.0249 e. The number of thioether (sulfide) groups is 1. The van der Waals surface area contributed by atoms with Crippen molar-refractivity contribution in [3.8, 4) is 0 Å². The summed E-state index contributed by atoms with van der Waals surface area (Å²) < 4.78 is 0. The molecule has 1 aliphatic rings. The van der Waals surface area contributed by atoms with E-state index in [1.165, 1.54) is 35.3 Å². The summed E-state index contributed by atoms with van der Waals surface area (Å²) in [6, 6.07) is 7.14. The van der Waals surface area contributed by atoms with Gasteiger partial charge in [-0.15, -0.1) is 11.8 Å². The lowest BCUT2D eigenvalue weighted by Crippen LogP contribution is -2.41. The maximum atomic E-state index is 6.38. The Morgan fingerprint density at radius 2 is 1.80 bits per heavy atom.